The van der Waals surface area contributed by atoms with Gasteiger partial charge in [-0.1, -0.05) is 50.8 Å². The molecule has 6 heteroatoms. The standard InChI is InChI=1S/C19H24O5S/c1-2-3-4-5-7-10-15-13-18(24-16-11-8-6-9-12-16)19(14-17(15)20)25(21,22)23/h6,8-9,11-14,20H,2-5,7,10H2,1H3,(H,21,22,23). The first kappa shape index (κ1) is 19.3. The Balaban J connectivity index is 2.26. The average molecular weight is 364 g/mol. The van der Waals surface area contributed by atoms with Crippen molar-refractivity contribution in [3.63, 3.8) is 0 Å². The largest absolute Gasteiger partial charge is 0.508 e. The zero-order valence-electron chi connectivity index (χ0n) is 14.3. The number of benzene rings is 2. The summed E-state index contributed by atoms with van der Waals surface area (Å²) in [6.45, 7) is 2.15. The molecule has 2 rings (SSSR count). The van der Waals surface area contributed by atoms with E-state index in [-0.39, 0.29) is 11.5 Å². The third kappa shape index (κ3) is 5.76. The molecule has 2 aromatic rings. The Morgan fingerprint density at radius 3 is 2.32 bits per heavy atom. The van der Waals surface area contributed by atoms with E-state index >= 15 is 0 Å². The molecule has 2 N–H and O–H groups in total. The highest BCUT2D eigenvalue weighted by atomic mass is 32.2. The summed E-state index contributed by atoms with van der Waals surface area (Å²) in [5.41, 5.74) is 0.606. The first-order valence-corrected chi connectivity index (χ1v) is 9.92. The lowest BCUT2D eigenvalue weighted by atomic mass is 10.0. The summed E-state index contributed by atoms with van der Waals surface area (Å²) in [6.07, 6.45) is 6.02. The number of para-hydroxylation sites is 1. The van der Waals surface area contributed by atoms with Crippen LogP contribution in [0.15, 0.2) is 47.4 Å². The maximum Gasteiger partial charge on any atom is 0.298 e. The van der Waals surface area contributed by atoms with Crippen LogP contribution in [0.2, 0.25) is 0 Å². The Labute approximate surface area is 149 Å². The number of unbranched alkanes of at least 4 members (excludes halogenated alkanes) is 4. The zero-order valence-corrected chi connectivity index (χ0v) is 15.1. The zero-order chi connectivity index (χ0) is 18.3. The molecule has 0 unspecified atom stereocenters. The van der Waals surface area contributed by atoms with Crippen molar-refractivity contribution in [2.45, 2.75) is 50.3 Å². The molecule has 0 radical (unpaired) electrons. The van der Waals surface area contributed by atoms with Crippen LogP contribution in [-0.4, -0.2) is 18.1 Å². The SMILES string of the molecule is CCCCCCCc1cc(Oc2ccccc2)c(S(=O)(=O)O)cc1O. The summed E-state index contributed by atoms with van der Waals surface area (Å²) in [5.74, 6) is 0.311. The van der Waals surface area contributed by atoms with Gasteiger partial charge in [-0.25, -0.2) is 0 Å². The Kier molecular flexibility index (Phi) is 6.84. The van der Waals surface area contributed by atoms with Crippen LogP contribution < -0.4 is 4.74 Å². The lowest BCUT2D eigenvalue weighted by Crippen LogP contribution is -2.02. The van der Waals surface area contributed by atoms with Crippen molar-refractivity contribution in [2.75, 3.05) is 0 Å². The van der Waals surface area contributed by atoms with Crippen molar-refractivity contribution in [3.05, 3.63) is 48.0 Å². The Hall–Kier alpha value is -2.05. The van der Waals surface area contributed by atoms with Crippen molar-refractivity contribution in [1.29, 1.82) is 0 Å². The van der Waals surface area contributed by atoms with Gasteiger partial charge in [0.1, 0.15) is 22.1 Å². The van der Waals surface area contributed by atoms with Gasteiger partial charge in [0.2, 0.25) is 0 Å². The molecule has 0 saturated heterocycles. The lowest BCUT2D eigenvalue weighted by Gasteiger charge is -2.13. The lowest BCUT2D eigenvalue weighted by molar-refractivity contribution is 0.434. The van der Waals surface area contributed by atoms with E-state index in [1.165, 1.54) is 12.5 Å². The molecule has 0 bridgehead atoms. The molecule has 0 amide bonds. The van der Waals surface area contributed by atoms with E-state index in [0.29, 0.717) is 17.7 Å². The average Bonchev–Trinajstić information content (AvgIpc) is 2.57. The normalized spacial score (nSPS) is 11.4. The number of phenols is 1. The molecule has 0 heterocycles. The fourth-order valence-electron chi connectivity index (χ4n) is 2.61. The molecular formula is C19H24O5S. The summed E-state index contributed by atoms with van der Waals surface area (Å²) >= 11 is 0. The van der Waals surface area contributed by atoms with Crippen LogP contribution in [0.3, 0.4) is 0 Å². The fraction of sp³-hybridized carbons (Fsp3) is 0.368. The topological polar surface area (TPSA) is 83.8 Å². The summed E-state index contributed by atoms with van der Waals surface area (Å²) in [6, 6.07) is 11.3. The maximum atomic E-state index is 11.6. The highest BCUT2D eigenvalue weighted by Crippen LogP contribution is 2.35. The summed E-state index contributed by atoms with van der Waals surface area (Å²) in [5, 5.41) is 10.1. The second-order valence-corrected chi connectivity index (χ2v) is 7.37. The number of phenolic OH excluding ortho intramolecular Hbond substituents is 1. The quantitative estimate of drug-likeness (QED) is 0.486. The first-order valence-electron chi connectivity index (χ1n) is 8.48. The van der Waals surface area contributed by atoms with Gasteiger partial charge >= 0.3 is 0 Å². The van der Waals surface area contributed by atoms with Crippen LogP contribution in [0, 0.1) is 0 Å². The monoisotopic (exact) mass is 364 g/mol. The third-order valence-electron chi connectivity index (χ3n) is 3.94. The third-order valence-corrected chi connectivity index (χ3v) is 4.82. The van der Waals surface area contributed by atoms with Gasteiger partial charge in [-0.2, -0.15) is 8.42 Å². The van der Waals surface area contributed by atoms with Crippen LogP contribution >= 0.6 is 0 Å². The number of aromatic hydroxyl groups is 1. The summed E-state index contributed by atoms with van der Waals surface area (Å²) < 4.78 is 38.3. The number of hydrogen-bond acceptors (Lipinski definition) is 4. The molecule has 0 spiro atoms. The first-order chi connectivity index (χ1) is 11.9. The Morgan fingerprint density at radius 2 is 1.68 bits per heavy atom. The van der Waals surface area contributed by atoms with Gasteiger partial charge in [0, 0.05) is 6.07 Å². The van der Waals surface area contributed by atoms with E-state index in [1.807, 2.05) is 6.07 Å². The molecule has 5 nitrogen and oxygen atoms in total. The van der Waals surface area contributed by atoms with Crippen molar-refractivity contribution in [3.8, 4) is 17.2 Å². The predicted octanol–water partition coefficient (Wildman–Crippen LogP) is 4.94. The number of aryl methyl sites for hydroxylation is 1. The smallest absolute Gasteiger partial charge is 0.298 e. The minimum absolute atomic E-state index is 0.00931. The van der Waals surface area contributed by atoms with Crippen molar-refractivity contribution in [2.24, 2.45) is 0 Å². The van der Waals surface area contributed by atoms with Gasteiger partial charge in [0.15, 0.2) is 0 Å². The summed E-state index contributed by atoms with van der Waals surface area (Å²) in [7, 11) is -4.51. The molecule has 2 aromatic carbocycles. The van der Waals surface area contributed by atoms with Gasteiger partial charge in [-0.05, 0) is 36.6 Å². The molecule has 0 aromatic heterocycles. The maximum absolute atomic E-state index is 11.6. The molecule has 0 aliphatic heterocycles. The van der Waals surface area contributed by atoms with E-state index in [4.69, 9.17) is 4.74 Å². The van der Waals surface area contributed by atoms with E-state index in [0.717, 1.165) is 31.7 Å². The second kappa shape index (κ2) is 8.87. The van der Waals surface area contributed by atoms with Crippen LogP contribution in [0.25, 0.3) is 0 Å². The van der Waals surface area contributed by atoms with Crippen LogP contribution in [-0.2, 0) is 16.5 Å². The predicted molar refractivity (Wildman–Crippen MR) is 96.9 cm³/mol. The van der Waals surface area contributed by atoms with Gasteiger partial charge in [-0.15, -0.1) is 0 Å². The van der Waals surface area contributed by atoms with Crippen LogP contribution in [0.1, 0.15) is 44.6 Å². The molecule has 136 valence electrons. The highest BCUT2D eigenvalue weighted by Gasteiger charge is 2.20. The molecule has 0 fully saturated rings. The second-order valence-electron chi connectivity index (χ2n) is 5.98. The highest BCUT2D eigenvalue weighted by molar-refractivity contribution is 7.86. The van der Waals surface area contributed by atoms with E-state index in [2.05, 4.69) is 6.92 Å². The molecule has 0 saturated carbocycles. The fourth-order valence-corrected chi connectivity index (χ4v) is 3.22. The van der Waals surface area contributed by atoms with Crippen molar-refractivity contribution in [1.82, 2.24) is 0 Å². The Bertz CT molecular complexity index is 785. The van der Waals surface area contributed by atoms with Gasteiger partial charge in [0.25, 0.3) is 10.1 Å². The number of hydrogen-bond donors (Lipinski definition) is 2. The van der Waals surface area contributed by atoms with Gasteiger partial charge in [-0.3, -0.25) is 4.55 Å². The van der Waals surface area contributed by atoms with Gasteiger partial charge in [0.05, 0.1) is 0 Å². The number of rotatable bonds is 9. The minimum atomic E-state index is -4.51. The summed E-state index contributed by atoms with van der Waals surface area (Å²) in [4.78, 5) is -0.441. The van der Waals surface area contributed by atoms with Crippen molar-refractivity contribution >= 4 is 10.1 Å². The molecule has 0 aliphatic carbocycles. The van der Waals surface area contributed by atoms with E-state index in [1.54, 1.807) is 24.3 Å². The minimum Gasteiger partial charge on any atom is -0.508 e. The Morgan fingerprint density at radius 1 is 1.00 bits per heavy atom. The van der Waals surface area contributed by atoms with Gasteiger partial charge < -0.3 is 9.84 Å². The molecule has 0 atom stereocenters. The molecular weight excluding hydrogens is 340 g/mol. The molecule has 0 aliphatic rings. The number of ether oxygens (including phenoxy) is 1. The van der Waals surface area contributed by atoms with Crippen LogP contribution in [0.4, 0.5) is 0 Å². The van der Waals surface area contributed by atoms with E-state index < -0.39 is 15.0 Å². The molecule has 25 heavy (non-hydrogen) atoms. The van der Waals surface area contributed by atoms with Crippen LogP contribution in [0.5, 0.6) is 17.2 Å². The van der Waals surface area contributed by atoms with E-state index in [9.17, 15) is 18.1 Å². The van der Waals surface area contributed by atoms with Crippen molar-refractivity contribution < 1.29 is 22.8 Å².